The van der Waals surface area contributed by atoms with Gasteiger partial charge in [-0.1, -0.05) is 0 Å². The van der Waals surface area contributed by atoms with Crippen molar-refractivity contribution in [2.24, 2.45) is 34.4 Å². The van der Waals surface area contributed by atoms with Crippen molar-refractivity contribution < 1.29 is 47.4 Å². The molecule has 16 nitrogen and oxygen atoms in total. The van der Waals surface area contributed by atoms with Crippen LogP contribution in [0.25, 0.3) is 0 Å². The first kappa shape index (κ1) is 50.4. The highest BCUT2D eigenvalue weighted by Crippen LogP contribution is 2.04. The van der Waals surface area contributed by atoms with Crippen LogP contribution >= 0.6 is 0 Å². The van der Waals surface area contributed by atoms with Crippen molar-refractivity contribution in [1.29, 1.82) is 0 Å². The molecule has 51 heavy (non-hydrogen) atoms. The Morgan fingerprint density at radius 2 is 0.667 bits per heavy atom. The lowest BCUT2D eigenvalue weighted by Crippen LogP contribution is -2.43. The van der Waals surface area contributed by atoms with Gasteiger partial charge in [0.25, 0.3) is 0 Å². The highest BCUT2D eigenvalue weighted by Gasteiger charge is 2.15. The van der Waals surface area contributed by atoms with Crippen LogP contribution in [0.3, 0.4) is 0 Å². The van der Waals surface area contributed by atoms with Crippen LogP contribution in [-0.2, 0) is 47.4 Å². The van der Waals surface area contributed by atoms with Crippen LogP contribution in [0.2, 0.25) is 0 Å². The minimum atomic E-state index is -0.168. The van der Waals surface area contributed by atoms with Gasteiger partial charge in [0.15, 0.2) is 0 Å². The SMILES string of the molecule is CC(COCCCN)OCC(C)OCCC(N)C(N)CCOCCOCCOCCOCCC(N)C(N)CCOCCOCCOCCCCN. The molecule has 0 saturated heterocycles. The number of nitrogens with two attached hydrogens (primary N) is 6. The van der Waals surface area contributed by atoms with E-state index in [9.17, 15) is 0 Å². The predicted octanol–water partition coefficient (Wildman–Crippen LogP) is -0.113. The normalized spacial score (nSPS) is 15.5. The lowest BCUT2D eigenvalue weighted by atomic mass is 10.0. The first-order valence-corrected chi connectivity index (χ1v) is 19.1. The van der Waals surface area contributed by atoms with Crippen molar-refractivity contribution in [3.63, 3.8) is 0 Å². The summed E-state index contributed by atoms with van der Waals surface area (Å²) in [6.07, 6.45) is 5.47. The Morgan fingerprint density at radius 1 is 0.333 bits per heavy atom. The smallest absolute Gasteiger partial charge is 0.0781 e. The van der Waals surface area contributed by atoms with Crippen molar-refractivity contribution in [2.75, 3.05) is 132 Å². The molecule has 0 aliphatic heterocycles. The van der Waals surface area contributed by atoms with Crippen LogP contribution in [0, 0.1) is 0 Å². The molecule has 0 aliphatic rings. The van der Waals surface area contributed by atoms with Crippen LogP contribution < -0.4 is 34.4 Å². The van der Waals surface area contributed by atoms with E-state index in [-0.39, 0.29) is 36.4 Å². The van der Waals surface area contributed by atoms with E-state index in [0.717, 1.165) is 25.9 Å². The maximum absolute atomic E-state index is 6.24. The molecule has 308 valence electrons. The minimum Gasteiger partial charge on any atom is -0.379 e. The van der Waals surface area contributed by atoms with Gasteiger partial charge in [0.1, 0.15) is 0 Å². The lowest BCUT2D eigenvalue weighted by molar-refractivity contribution is -0.0580. The van der Waals surface area contributed by atoms with Gasteiger partial charge < -0.3 is 81.8 Å². The fourth-order valence-electron chi connectivity index (χ4n) is 4.40. The molecule has 0 aromatic heterocycles. The summed E-state index contributed by atoms with van der Waals surface area (Å²) in [7, 11) is 0. The predicted molar refractivity (Wildman–Crippen MR) is 200 cm³/mol. The summed E-state index contributed by atoms with van der Waals surface area (Å²) in [6.45, 7) is 14.9. The summed E-state index contributed by atoms with van der Waals surface area (Å²) in [4.78, 5) is 0. The summed E-state index contributed by atoms with van der Waals surface area (Å²) >= 11 is 0. The minimum absolute atomic E-state index is 0.00453. The molecule has 0 aromatic rings. The summed E-state index contributed by atoms with van der Waals surface area (Å²) in [6, 6.07) is -0.642. The molecular weight excluding hydrogens is 664 g/mol. The third-order valence-corrected chi connectivity index (χ3v) is 7.80. The monoisotopic (exact) mass is 743 g/mol. The molecule has 0 fully saturated rings. The van der Waals surface area contributed by atoms with Crippen molar-refractivity contribution in [1.82, 2.24) is 0 Å². The van der Waals surface area contributed by atoms with Crippen molar-refractivity contribution in [2.45, 2.75) is 95.2 Å². The van der Waals surface area contributed by atoms with Crippen molar-refractivity contribution >= 4 is 0 Å². The lowest BCUT2D eigenvalue weighted by Gasteiger charge is -2.22. The molecular formula is C35H78N6O10. The molecule has 0 saturated carbocycles. The van der Waals surface area contributed by atoms with Gasteiger partial charge in [-0.05, 0) is 71.9 Å². The van der Waals surface area contributed by atoms with Gasteiger partial charge in [-0.15, -0.1) is 0 Å². The zero-order chi connectivity index (χ0) is 37.6. The number of unbranched alkanes of at least 4 members (excludes halogenated alkanes) is 1. The third kappa shape index (κ3) is 36.1. The summed E-state index contributed by atoms with van der Waals surface area (Å²) in [5.74, 6) is 0. The topological polar surface area (TPSA) is 248 Å². The molecule has 16 heteroatoms. The van der Waals surface area contributed by atoms with Crippen LogP contribution in [0.1, 0.15) is 58.8 Å². The molecule has 0 rings (SSSR count). The molecule has 0 aliphatic carbocycles. The second-order valence-corrected chi connectivity index (χ2v) is 12.6. The van der Waals surface area contributed by atoms with Crippen LogP contribution in [0.5, 0.6) is 0 Å². The molecule has 0 aromatic carbocycles. The Balaban J connectivity index is 3.48. The van der Waals surface area contributed by atoms with E-state index >= 15 is 0 Å². The van der Waals surface area contributed by atoms with E-state index in [4.69, 9.17) is 81.8 Å². The molecule has 0 bridgehead atoms. The van der Waals surface area contributed by atoms with Crippen LogP contribution in [0.4, 0.5) is 0 Å². The molecule has 0 amide bonds. The van der Waals surface area contributed by atoms with Gasteiger partial charge in [-0.2, -0.15) is 0 Å². The second kappa shape index (κ2) is 39.1. The van der Waals surface area contributed by atoms with E-state index in [2.05, 4.69) is 0 Å². The first-order chi connectivity index (χ1) is 24.8. The third-order valence-electron chi connectivity index (χ3n) is 7.80. The Labute approximate surface area is 308 Å². The van der Waals surface area contributed by atoms with Gasteiger partial charge >= 0.3 is 0 Å². The Morgan fingerprint density at radius 3 is 1.08 bits per heavy atom. The fourth-order valence-corrected chi connectivity index (χ4v) is 4.40. The molecule has 0 radical (unpaired) electrons. The largest absolute Gasteiger partial charge is 0.379 e. The van der Waals surface area contributed by atoms with E-state index in [0.29, 0.717) is 151 Å². The fraction of sp³-hybridized carbons (Fsp3) is 1.00. The zero-order valence-corrected chi connectivity index (χ0v) is 32.1. The zero-order valence-electron chi connectivity index (χ0n) is 32.1. The summed E-state index contributed by atoms with van der Waals surface area (Å²) < 4.78 is 56.0. The van der Waals surface area contributed by atoms with Crippen LogP contribution in [-0.4, -0.2) is 168 Å². The maximum Gasteiger partial charge on any atom is 0.0781 e. The molecule has 12 N–H and O–H groups in total. The van der Waals surface area contributed by atoms with Crippen molar-refractivity contribution in [3.8, 4) is 0 Å². The van der Waals surface area contributed by atoms with Gasteiger partial charge in [0.2, 0.25) is 0 Å². The molecule has 6 unspecified atom stereocenters. The Hall–Kier alpha value is -0.640. The Bertz CT molecular complexity index is 697. The highest BCUT2D eigenvalue weighted by molar-refractivity contribution is 4.76. The van der Waals surface area contributed by atoms with E-state index in [1.54, 1.807) is 0 Å². The maximum atomic E-state index is 6.24. The molecule has 0 spiro atoms. The highest BCUT2D eigenvalue weighted by atomic mass is 16.6. The van der Waals surface area contributed by atoms with Crippen LogP contribution in [0.15, 0.2) is 0 Å². The Kier molecular flexibility index (Phi) is 38.6. The average Bonchev–Trinajstić information content (AvgIpc) is 3.12. The van der Waals surface area contributed by atoms with E-state index < -0.39 is 0 Å². The van der Waals surface area contributed by atoms with Gasteiger partial charge in [-0.3, -0.25) is 0 Å². The number of rotatable bonds is 42. The average molecular weight is 743 g/mol. The van der Waals surface area contributed by atoms with Gasteiger partial charge in [-0.25, -0.2) is 0 Å². The summed E-state index contributed by atoms with van der Waals surface area (Å²) in [5, 5.41) is 0. The molecule has 6 atom stereocenters. The van der Waals surface area contributed by atoms with E-state index in [1.807, 2.05) is 13.8 Å². The van der Waals surface area contributed by atoms with E-state index in [1.165, 1.54) is 0 Å². The standard InChI is InChI=1S/C35H78N6O10/c1-30(28-49-13-5-11-37)51-29-31(2)50-17-9-35(41)34(40)8-16-45-21-25-48-27-26-47-24-20-44-15-7-33(39)32(38)6-14-43-19-23-46-22-18-42-12-4-3-10-36/h30-35H,3-29,36-41H2,1-2H3. The van der Waals surface area contributed by atoms with Gasteiger partial charge in [0, 0.05) is 63.8 Å². The number of hydrogen-bond acceptors (Lipinski definition) is 16. The van der Waals surface area contributed by atoms with Gasteiger partial charge in [0.05, 0.1) is 91.5 Å². The second-order valence-electron chi connectivity index (χ2n) is 12.6. The number of ether oxygens (including phenoxy) is 10. The number of hydrogen-bond donors (Lipinski definition) is 6. The summed E-state index contributed by atoms with van der Waals surface area (Å²) in [5.41, 5.74) is 35.8. The van der Waals surface area contributed by atoms with Crippen molar-refractivity contribution in [3.05, 3.63) is 0 Å². The first-order valence-electron chi connectivity index (χ1n) is 19.1. The molecule has 0 heterocycles. The quantitative estimate of drug-likeness (QED) is 0.0447.